The van der Waals surface area contributed by atoms with E-state index in [0.717, 1.165) is 44.8 Å². The maximum Gasteiger partial charge on any atom is 0.257 e. The summed E-state index contributed by atoms with van der Waals surface area (Å²) in [4.78, 5) is 22.5. The van der Waals surface area contributed by atoms with Gasteiger partial charge in [0.05, 0.1) is 25.0 Å². The van der Waals surface area contributed by atoms with Gasteiger partial charge in [0.25, 0.3) is 5.91 Å². The number of benzene rings is 2. The van der Waals surface area contributed by atoms with Crippen molar-refractivity contribution in [3.05, 3.63) is 77.6 Å². The van der Waals surface area contributed by atoms with E-state index in [9.17, 15) is 9.18 Å². The Morgan fingerprint density at radius 2 is 1.88 bits per heavy atom. The highest BCUT2D eigenvalue weighted by molar-refractivity contribution is 6.18. The first kappa shape index (κ1) is 22.2. The Labute approximate surface area is 187 Å². The number of hydrogen-bond donors (Lipinski definition) is 0. The highest BCUT2D eigenvalue weighted by Gasteiger charge is 2.43. The maximum absolute atomic E-state index is 13.4. The number of oxime groups is 1. The van der Waals surface area contributed by atoms with Crippen LogP contribution in [0.3, 0.4) is 0 Å². The van der Waals surface area contributed by atoms with E-state index in [1.807, 2.05) is 37.3 Å². The highest BCUT2D eigenvalue weighted by Crippen LogP contribution is 2.43. The molecule has 2 aromatic rings. The smallest absolute Gasteiger partial charge is 0.257 e. The Balaban J connectivity index is 1.41. The largest absolute Gasteiger partial charge is 0.396 e. The highest BCUT2D eigenvalue weighted by atomic mass is 19.1. The van der Waals surface area contributed by atoms with Crippen LogP contribution in [0.15, 0.2) is 71.4 Å². The molecular weight excluding hydrogens is 409 g/mol. The number of amides is 1. The summed E-state index contributed by atoms with van der Waals surface area (Å²) in [6.07, 6.45) is 2.67. The number of halogens is 1. The van der Waals surface area contributed by atoms with E-state index in [1.165, 1.54) is 12.1 Å². The topological polar surface area (TPSA) is 54.4 Å². The molecule has 168 valence electrons. The minimum atomic E-state index is -0.331. The lowest BCUT2D eigenvalue weighted by atomic mass is 9.86. The van der Waals surface area contributed by atoms with E-state index in [-0.39, 0.29) is 17.8 Å². The molecule has 2 heterocycles. The molecule has 4 rings (SSSR count). The maximum atomic E-state index is 13.4. The van der Waals surface area contributed by atoms with Crippen LogP contribution < -0.4 is 4.90 Å². The number of nitrogens with zero attached hydrogens (tertiary/aromatic N) is 3. The van der Waals surface area contributed by atoms with E-state index in [1.54, 1.807) is 23.1 Å². The van der Waals surface area contributed by atoms with Gasteiger partial charge in [-0.2, -0.15) is 0 Å². The summed E-state index contributed by atoms with van der Waals surface area (Å²) >= 11 is 0. The van der Waals surface area contributed by atoms with Crippen molar-refractivity contribution in [1.29, 1.82) is 0 Å². The van der Waals surface area contributed by atoms with Gasteiger partial charge in [-0.3, -0.25) is 14.6 Å². The van der Waals surface area contributed by atoms with Crippen LogP contribution >= 0.6 is 0 Å². The first-order valence-corrected chi connectivity index (χ1v) is 11.0. The normalized spacial score (nSPS) is 21.0. The van der Waals surface area contributed by atoms with Crippen LogP contribution in [-0.2, 0) is 14.4 Å². The molecule has 0 saturated carbocycles. The molecule has 2 fully saturated rings. The standard InChI is InChI=1S/C25H28FN3O3/c1-19(27-32-15-5-12-28-13-16-31-17-14-28)18-23-24(20-6-3-2-4-7-20)29(25(23)30)22-10-8-21(26)9-11-22/h2-4,6-11,18,24H,5,12-17H2,1H3. The van der Waals surface area contributed by atoms with E-state index in [2.05, 4.69) is 10.1 Å². The molecule has 1 amide bonds. The molecule has 0 aromatic heterocycles. The van der Waals surface area contributed by atoms with Gasteiger partial charge >= 0.3 is 0 Å². The zero-order valence-corrected chi connectivity index (χ0v) is 18.2. The molecule has 2 aromatic carbocycles. The molecule has 0 radical (unpaired) electrons. The SMILES string of the molecule is CC(C=C1C(=O)N(c2ccc(F)cc2)C1c1ccccc1)=NOCCCN1CCOCC1. The van der Waals surface area contributed by atoms with E-state index in [4.69, 9.17) is 9.57 Å². The lowest BCUT2D eigenvalue weighted by Gasteiger charge is -2.43. The molecule has 32 heavy (non-hydrogen) atoms. The number of β-lactam (4-membered cyclic amide) rings is 1. The van der Waals surface area contributed by atoms with Crippen molar-refractivity contribution in [2.24, 2.45) is 5.16 Å². The quantitative estimate of drug-likeness (QED) is 0.206. The van der Waals surface area contributed by atoms with Gasteiger partial charge in [0, 0.05) is 30.9 Å². The van der Waals surface area contributed by atoms with Gasteiger partial charge in [-0.1, -0.05) is 35.5 Å². The molecule has 2 saturated heterocycles. The average Bonchev–Trinajstić information content (AvgIpc) is 2.83. The third kappa shape index (κ3) is 5.23. The Bertz CT molecular complexity index is 970. The zero-order chi connectivity index (χ0) is 22.3. The van der Waals surface area contributed by atoms with Crippen molar-refractivity contribution in [2.75, 3.05) is 44.4 Å². The van der Waals surface area contributed by atoms with Crippen LogP contribution in [0.25, 0.3) is 0 Å². The first-order chi connectivity index (χ1) is 15.6. The summed E-state index contributed by atoms with van der Waals surface area (Å²) in [7, 11) is 0. The molecular formula is C25H28FN3O3. The number of ether oxygens (including phenoxy) is 1. The second-order valence-corrected chi connectivity index (χ2v) is 7.94. The Morgan fingerprint density at radius 1 is 1.16 bits per heavy atom. The molecule has 0 spiro atoms. The predicted octanol–water partition coefficient (Wildman–Crippen LogP) is 3.95. The van der Waals surface area contributed by atoms with Gasteiger partial charge < -0.3 is 9.57 Å². The van der Waals surface area contributed by atoms with E-state index >= 15 is 0 Å². The fourth-order valence-corrected chi connectivity index (χ4v) is 4.00. The third-order valence-corrected chi connectivity index (χ3v) is 5.63. The van der Waals surface area contributed by atoms with Crippen molar-refractivity contribution in [3.63, 3.8) is 0 Å². The van der Waals surface area contributed by atoms with Crippen molar-refractivity contribution >= 4 is 17.3 Å². The number of anilines is 1. The fourth-order valence-electron chi connectivity index (χ4n) is 4.00. The second-order valence-electron chi connectivity index (χ2n) is 7.94. The summed E-state index contributed by atoms with van der Waals surface area (Å²) < 4.78 is 18.7. The summed E-state index contributed by atoms with van der Waals surface area (Å²) in [5, 5.41) is 4.18. The van der Waals surface area contributed by atoms with Crippen LogP contribution in [0, 0.1) is 5.82 Å². The molecule has 0 bridgehead atoms. The van der Waals surface area contributed by atoms with Gasteiger partial charge in [0.1, 0.15) is 12.4 Å². The van der Waals surface area contributed by atoms with Crippen molar-refractivity contribution in [3.8, 4) is 0 Å². The predicted molar refractivity (Wildman–Crippen MR) is 122 cm³/mol. The lowest BCUT2D eigenvalue weighted by molar-refractivity contribution is -0.119. The number of morpholine rings is 1. The van der Waals surface area contributed by atoms with Crippen molar-refractivity contribution in [2.45, 2.75) is 19.4 Å². The molecule has 2 aliphatic heterocycles. The number of hydrogen-bond acceptors (Lipinski definition) is 5. The van der Waals surface area contributed by atoms with Gasteiger partial charge in [0.2, 0.25) is 0 Å². The zero-order valence-electron chi connectivity index (χ0n) is 18.2. The second kappa shape index (κ2) is 10.5. The fraction of sp³-hybridized carbons (Fsp3) is 0.360. The summed E-state index contributed by atoms with van der Waals surface area (Å²) in [5.74, 6) is -0.449. The van der Waals surface area contributed by atoms with Crippen LogP contribution in [0.1, 0.15) is 24.9 Å². The summed E-state index contributed by atoms with van der Waals surface area (Å²) in [6, 6.07) is 15.5. The average molecular weight is 438 g/mol. The number of carbonyl (C=O) groups excluding carboxylic acids is 1. The van der Waals surface area contributed by atoms with Gasteiger partial charge in [0.15, 0.2) is 0 Å². The molecule has 2 aliphatic rings. The van der Waals surface area contributed by atoms with Crippen LogP contribution in [-0.4, -0.2) is 56.0 Å². The van der Waals surface area contributed by atoms with Crippen molar-refractivity contribution < 1.29 is 18.8 Å². The Hall–Kier alpha value is -3.03. The van der Waals surface area contributed by atoms with Crippen molar-refractivity contribution in [1.82, 2.24) is 4.90 Å². The number of allylic oxidation sites excluding steroid dienone is 1. The molecule has 6 nitrogen and oxygen atoms in total. The van der Waals surface area contributed by atoms with Gasteiger partial charge in [-0.15, -0.1) is 0 Å². The molecule has 7 heteroatoms. The van der Waals surface area contributed by atoms with Gasteiger partial charge in [-0.25, -0.2) is 4.39 Å². The molecule has 0 aliphatic carbocycles. The minimum absolute atomic E-state index is 0.118. The first-order valence-electron chi connectivity index (χ1n) is 11.0. The number of carbonyl (C=O) groups is 1. The van der Waals surface area contributed by atoms with Crippen LogP contribution in [0.5, 0.6) is 0 Å². The Morgan fingerprint density at radius 3 is 2.59 bits per heavy atom. The molecule has 1 atom stereocenters. The summed E-state index contributed by atoms with van der Waals surface area (Å²) in [6.45, 7) is 6.80. The Kier molecular flexibility index (Phi) is 7.29. The van der Waals surface area contributed by atoms with E-state index < -0.39 is 0 Å². The molecule has 0 N–H and O–H groups in total. The monoisotopic (exact) mass is 437 g/mol. The van der Waals surface area contributed by atoms with Gasteiger partial charge in [-0.05, 0) is 49.2 Å². The third-order valence-electron chi connectivity index (χ3n) is 5.63. The summed E-state index contributed by atoms with van der Waals surface area (Å²) in [5.41, 5.74) is 2.93. The molecule has 1 unspecified atom stereocenters. The minimum Gasteiger partial charge on any atom is -0.396 e. The van der Waals surface area contributed by atoms with Crippen LogP contribution in [0.2, 0.25) is 0 Å². The lowest BCUT2D eigenvalue weighted by Crippen LogP contribution is -2.49. The number of rotatable bonds is 8. The van der Waals surface area contributed by atoms with E-state index in [0.29, 0.717) is 23.6 Å². The van der Waals surface area contributed by atoms with Crippen LogP contribution in [0.4, 0.5) is 10.1 Å².